The van der Waals surface area contributed by atoms with Gasteiger partial charge >= 0.3 is 5.97 Å². The second kappa shape index (κ2) is 8.30. The Morgan fingerprint density at radius 2 is 1.93 bits per heavy atom. The maximum Gasteiger partial charge on any atom is 0.310 e. The lowest BCUT2D eigenvalue weighted by Gasteiger charge is -2.11. The molecule has 0 aliphatic carbocycles. The number of nitrogens with one attached hydrogen (secondary N) is 1. The lowest BCUT2D eigenvalue weighted by molar-refractivity contribution is -0.142. The number of hydrogen-bond acceptors (Lipinski definition) is 9. The first kappa shape index (κ1) is 20.6. The first-order valence-electron chi connectivity index (χ1n) is 8.06. The average molecular weight is 391 g/mol. The van der Waals surface area contributed by atoms with Crippen LogP contribution in [0.15, 0.2) is 16.5 Å². The largest absolute Gasteiger partial charge is 0.508 e. The van der Waals surface area contributed by atoms with Gasteiger partial charge in [0.15, 0.2) is 5.78 Å². The summed E-state index contributed by atoms with van der Waals surface area (Å²) in [5, 5.41) is 22.4. The Labute approximate surface area is 160 Å². The fourth-order valence-corrected chi connectivity index (χ4v) is 2.97. The van der Waals surface area contributed by atoms with E-state index < -0.39 is 24.1 Å². The second-order valence-corrected chi connectivity index (χ2v) is 6.69. The molecule has 0 bridgehead atoms. The van der Waals surface area contributed by atoms with Crippen LogP contribution in [0.4, 0.5) is 0 Å². The molecule has 2 N–H and O–H groups in total. The normalized spacial score (nSPS) is 12.0. The molecule has 2 aromatic rings. The predicted octanol–water partition coefficient (Wildman–Crippen LogP) is 1.99. The highest BCUT2D eigenvalue weighted by atomic mass is 32.2. The van der Waals surface area contributed by atoms with Gasteiger partial charge in [-0.05, 0) is 34.0 Å². The summed E-state index contributed by atoms with van der Waals surface area (Å²) in [6.45, 7) is 5.72. The van der Waals surface area contributed by atoms with Crippen molar-refractivity contribution >= 4 is 35.0 Å². The van der Waals surface area contributed by atoms with Crippen molar-refractivity contribution in [3.8, 4) is 0 Å². The molecule has 0 atom stereocenters. The van der Waals surface area contributed by atoms with Crippen LogP contribution in [0.25, 0.3) is 5.78 Å². The fourth-order valence-electron chi connectivity index (χ4n) is 2.63. The third-order valence-electron chi connectivity index (χ3n) is 3.92. The highest BCUT2D eigenvalue weighted by molar-refractivity contribution is 7.98. The molecule has 0 saturated heterocycles. The molecule has 0 radical (unpaired) electrons. The van der Waals surface area contributed by atoms with E-state index in [0.29, 0.717) is 22.2 Å². The van der Waals surface area contributed by atoms with Crippen LogP contribution in [0.1, 0.15) is 30.8 Å². The summed E-state index contributed by atoms with van der Waals surface area (Å²) in [7, 11) is 0. The van der Waals surface area contributed by atoms with Crippen LogP contribution in [0.2, 0.25) is 0 Å². The van der Waals surface area contributed by atoms with E-state index in [2.05, 4.69) is 15.1 Å². The number of carbonyl (C=O) groups is 2. The molecule has 2 heterocycles. The van der Waals surface area contributed by atoms with E-state index in [9.17, 15) is 14.7 Å². The monoisotopic (exact) mass is 391 g/mol. The minimum atomic E-state index is -0.593. The lowest BCUT2D eigenvalue weighted by Crippen LogP contribution is -2.17. The Bertz CT molecular complexity index is 948. The molecule has 0 aromatic carbocycles. The number of esters is 1. The van der Waals surface area contributed by atoms with Crippen molar-refractivity contribution in [2.45, 2.75) is 39.3 Å². The molecular formula is C17H21N5O4S. The SMILES string of the molecule is CSc1nc2nc(C)c(CC(=O)OC/C(O)=C(\C(C)=N)C(C)=O)c(C)n2n1. The van der Waals surface area contributed by atoms with Gasteiger partial charge in [-0.1, -0.05) is 11.8 Å². The number of aliphatic hydroxyl groups excluding tert-OH is 1. The molecule has 0 aliphatic heterocycles. The minimum absolute atomic E-state index is 0.0681. The molecule has 0 fully saturated rings. The van der Waals surface area contributed by atoms with Crippen molar-refractivity contribution in [1.82, 2.24) is 19.6 Å². The molecule has 27 heavy (non-hydrogen) atoms. The summed E-state index contributed by atoms with van der Waals surface area (Å²) in [5.74, 6) is -1.04. The van der Waals surface area contributed by atoms with Gasteiger partial charge in [0.1, 0.15) is 12.4 Å². The second-order valence-electron chi connectivity index (χ2n) is 5.91. The molecule has 144 valence electrons. The number of thioether (sulfide) groups is 1. The molecule has 10 heteroatoms. The van der Waals surface area contributed by atoms with E-state index in [-0.39, 0.29) is 17.7 Å². The summed E-state index contributed by atoms with van der Waals surface area (Å²) in [5.41, 5.74) is 1.78. The van der Waals surface area contributed by atoms with Gasteiger partial charge in [-0.15, -0.1) is 5.10 Å². The molecule has 0 unspecified atom stereocenters. The quantitative estimate of drug-likeness (QED) is 0.241. The summed E-state index contributed by atoms with van der Waals surface area (Å²) in [6.07, 6.45) is 1.79. The lowest BCUT2D eigenvalue weighted by atomic mass is 10.1. The van der Waals surface area contributed by atoms with E-state index in [0.717, 1.165) is 5.69 Å². The molecule has 0 amide bonds. The smallest absolute Gasteiger partial charge is 0.310 e. The maximum atomic E-state index is 12.2. The van der Waals surface area contributed by atoms with E-state index in [1.54, 1.807) is 11.4 Å². The van der Waals surface area contributed by atoms with Crippen LogP contribution in [0.5, 0.6) is 0 Å². The number of nitrogens with zero attached hydrogens (tertiary/aromatic N) is 4. The molecule has 0 spiro atoms. The number of fused-ring (bicyclic) bond motifs is 1. The first-order chi connectivity index (χ1) is 12.6. The van der Waals surface area contributed by atoms with E-state index in [1.165, 1.54) is 25.6 Å². The van der Waals surface area contributed by atoms with Crippen molar-refractivity contribution < 1.29 is 19.4 Å². The first-order valence-corrected chi connectivity index (χ1v) is 9.29. The van der Waals surface area contributed by atoms with Crippen LogP contribution >= 0.6 is 11.8 Å². The summed E-state index contributed by atoms with van der Waals surface area (Å²) in [6, 6.07) is 0. The van der Waals surface area contributed by atoms with Crippen molar-refractivity contribution in [3.05, 3.63) is 28.3 Å². The molecule has 0 saturated carbocycles. The Morgan fingerprint density at radius 3 is 2.48 bits per heavy atom. The van der Waals surface area contributed by atoms with Gasteiger partial charge in [-0.3, -0.25) is 9.59 Å². The topological polar surface area (TPSA) is 131 Å². The molecule has 0 aliphatic rings. The van der Waals surface area contributed by atoms with E-state index in [1.807, 2.05) is 13.2 Å². The van der Waals surface area contributed by atoms with Crippen molar-refractivity contribution in [2.24, 2.45) is 0 Å². The Kier molecular flexibility index (Phi) is 6.32. The van der Waals surface area contributed by atoms with E-state index in [4.69, 9.17) is 10.1 Å². The number of aromatic nitrogens is 4. The van der Waals surface area contributed by atoms with Crippen LogP contribution in [-0.4, -0.2) is 55.0 Å². The summed E-state index contributed by atoms with van der Waals surface area (Å²) < 4.78 is 6.64. The number of rotatable bonds is 7. The predicted molar refractivity (Wildman–Crippen MR) is 100 cm³/mol. The number of aryl methyl sites for hydroxylation is 2. The number of hydrogen-bond donors (Lipinski definition) is 2. The van der Waals surface area contributed by atoms with Gasteiger partial charge in [0.25, 0.3) is 5.78 Å². The fraction of sp³-hybridized carbons (Fsp3) is 0.412. The summed E-state index contributed by atoms with van der Waals surface area (Å²) in [4.78, 5) is 32.3. The Morgan fingerprint density at radius 1 is 1.26 bits per heavy atom. The van der Waals surface area contributed by atoms with Crippen LogP contribution in [0, 0.1) is 19.3 Å². The Hall–Kier alpha value is -2.75. The van der Waals surface area contributed by atoms with Crippen molar-refractivity contribution in [3.63, 3.8) is 0 Å². The zero-order chi connectivity index (χ0) is 20.3. The molecule has 9 nitrogen and oxygen atoms in total. The number of ketones is 1. The van der Waals surface area contributed by atoms with Gasteiger partial charge in [0, 0.05) is 22.7 Å². The maximum absolute atomic E-state index is 12.2. The Balaban J connectivity index is 2.20. The third-order valence-corrected chi connectivity index (χ3v) is 4.46. The van der Waals surface area contributed by atoms with Gasteiger partial charge in [0.05, 0.1) is 12.0 Å². The van der Waals surface area contributed by atoms with Gasteiger partial charge in [-0.2, -0.15) is 4.98 Å². The molecule has 2 aromatic heterocycles. The van der Waals surface area contributed by atoms with Gasteiger partial charge in [-0.25, -0.2) is 9.50 Å². The summed E-state index contributed by atoms with van der Waals surface area (Å²) >= 11 is 1.40. The number of Topliss-reactive ketones (excluding diaryl/α,β-unsaturated/α-hetero) is 1. The molecular weight excluding hydrogens is 370 g/mol. The van der Waals surface area contributed by atoms with E-state index >= 15 is 0 Å². The standard InChI is InChI=1S/C17H21N5O4S/c1-8(18)15(11(4)23)13(24)7-26-14(25)6-12-9(2)19-16-20-17(27-5)21-22(16)10(12)3/h18,24H,6-7H2,1-5H3/b15-13-,18-8?. The highest BCUT2D eigenvalue weighted by Crippen LogP contribution is 2.17. The number of aliphatic hydroxyl groups is 1. The number of allylic oxidation sites excluding steroid dienone is 1. The van der Waals surface area contributed by atoms with Crippen molar-refractivity contribution in [2.75, 3.05) is 12.9 Å². The average Bonchev–Trinajstić information content (AvgIpc) is 2.99. The highest BCUT2D eigenvalue weighted by Gasteiger charge is 2.18. The van der Waals surface area contributed by atoms with Crippen molar-refractivity contribution in [1.29, 1.82) is 5.41 Å². The van der Waals surface area contributed by atoms with Crippen LogP contribution in [-0.2, 0) is 20.7 Å². The van der Waals surface area contributed by atoms with Crippen LogP contribution < -0.4 is 0 Å². The third kappa shape index (κ3) is 4.51. The van der Waals surface area contributed by atoms with Gasteiger partial charge in [0.2, 0.25) is 5.16 Å². The van der Waals surface area contributed by atoms with Crippen LogP contribution in [0.3, 0.4) is 0 Å². The van der Waals surface area contributed by atoms with Gasteiger partial charge < -0.3 is 15.3 Å². The number of ether oxygens (including phenoxy) is 1. The zero-order valence-electron chi connectivity index (χ0n) is 15.8. The minimum Gasteiger partial charge on any atom is -0.508 e. The zero-order valence-corrected chi connectivity index (χ0v) is 16.6. The molecule has 2 rings (SSSR count). The number of carbonyl (C=O) groups excluding carboxylic acids is 2.